The third-order valence-electron chi connectivity index (χ3n) is 3.85. The molecule has 1 aromatic heterocycles. The van der Waals surface area contributed by atoms with E-state index in [1.165, 1.54) is 0 Å². The lowest BCUT2D eigenvalue weighted by atomic mass is 9.86. The molecule has 5 heteroatoms. The average Bonchev–Trinajstić information content (AvgIpc) is 2.55. The predicted octanol–water partition coefficient (Wildman–Crippen LogP) is 3.09. The summed E-state index contributed by atoms with van der Waals surface area (Å²) in [6.07, 6.45) is 1.82. The summed E-state index contributed by atoms with van der Waals surface area (Å²) in [6.45, 7) is 2.19. The molecule has 0 saturated heterocycles. The molecule has 114 valence electrons. The van der Waals surface area contributed by atoms with Gasteiger partial charge in [-0.25, -0.2) is 0 Å². The molecule has 22 heavy (non-hydrogen) atoms. The number of hydrogen-bond acceptors (Lipinski definition) is 5. The molecule has 0 saturated carbocycles. The summed E-state index contributed by atoms with van der Waals surface area (Å²) in [5.41, 5.74) is 4.82. The van der Waals surface area contributed by atoms with E-state index in [9.17, 15) is 0 Å². The van der Waals surface area contributed by atoms with Gasteiger partial charge in [0.05, 0.1) is 24.2 Å². The summed E-state index contributed by atoms with van der Waals surface area (Å²) in [5.74, 6) is 1.33. The summed E-state index contributed by atoms with van der Waals surface area (Å²) >= 11 is 0. The lowest BCUT2D eigenvalue weighted by molar-refractivity contribution is 0.212. The van der Waals surface area contributed by atoms with Crippen molar-refractivity contribution in [1.29, 1.82) is 0 Å². The molecule has 0 amide bonds. The van der Waals surface area contributed by atoms with Crippen LogP contribution in [0.1, 0.15) is 24.6 Å². The Kier molecular flexibility index (Phi) is 4.04. The molecule has 1 atom stereocenters. The topological polar surface area (TPSA) is 56.6 Å². The van der Waals surface area contributed by atoms with Crippen LogP contribution in [-0.2, 0) is 11.3 Å². The fourth-order valence-electron chi connectivity index (χ4n) is 2.76. The summed E-state index contributed by atoms with van der Waals surface area (Å²) in [6, 6.07) is 9.85. The predicted molar refractivity (Wildman–Crippen MR) is 85.1 cm³/mol. The average molecular weight is 297 g/mol. The lowest BCUT2D eigenvalue weighted by Crippen LogP contribution is -2.21. The highest BCUT2D eigenvalue weighted by Gasteiger charge is 2.23. The highest BCUT2D eigenvalue weighted by Crippen LogP contribution is 2.28. The van der Waals surface area contributed by atoms with Gasteiger partial charge in [0.15, 0.2) is 0 Å². The molecular weight excluding hydrogens is 278 g/mol. The number of fused-ring (bicyclic) bond motifs is 1. The first-order valence-corrected chi connectivity index (χ1v) is 7.32. The van der Waals surface area contributed by atoms with Gasteiger partial charge in [-0.3, -0.25) is 0 Å². The van der Waals surface area contributed by atoms with Gasteiger partial charge in [0, 0.05) is 11.1 Å². The van der Waals surface area contributed by atoms with E-state index >= 15 is 0 Å². The monoisotopic (exact) mass is 297 g/mol. The quantitative estimate of drug-likeness (QED) is 0.817. The smallest absolute Gasteiger partial charge is 0.118 e. The van der Waals surface area contributed by atoms with E-state index in [4.69, 9.17) is 9.57 Å². The number of benzene rings is 1. The molecule has 3 rings (SSSR count). The lowest BCUT2D eigenvalue weighted by Gasteiger charge is -2.21. The van der Waals surface area contributed by atoms with E-state index in [1.54, 1.807) is 14.2 Å². The number of nitrogens with zero attached hydrogens (tertiary/aromatic N) is 3. The van der Waals surface area contributed by atoms with Gasteiger partial charge in [0.1, 0.15) is 12.9 Å². The van der Waals surface area contributed by atoms with Crippen LogP contribution in [0.5, 0.6) is 5.75 Å². The maximum atomic E-state index is 5.18. The molecule has 1 aromatic carbocycles. The largest absolute Gasteiger partial charge is 0.497 e. The number of aromatic nitrogens is 2. The van der Waals surface area contributed by atoms with Crippen LogP contribution in [0.4, 0.5) is 0 Å². The Morgan fingerprint density at radius 2 is 1.86 bits per heavy atom. The van der Waals surface area contributed by atoms with Crippen LogP contribution in [0.3, 0.4) is 0 Å². The normalized spacial score (nSPS) is 18.9. The van der Waals surface area contributed by atoms with Crippen molar-refractivity contribution < 1.29 is 9.57 Å². The van der Waals surface area contributed by atoms with E-state index in [1.807, 2.05) is 30.3 Å². The van der Waals surface area contributed by atoms with Gasteiger partial charge >= 0.3 is 0 Å². The summed E-state index contributed by atoms with van der Waals surface area (Å²) in [4.78, 5) is 4.99. The second-order valence-corrected chi connectivity index (χ2v) is 5.55. The van der Waals surface area contributed by atoms with Crippen molar-refractivity contribution in [3.63, 3.8) is 0 Å². The van der Waals surface area contributed by atoms with Gasteiger partial charge in [0.25, 0.3) is 0 Å². The first kappa shape index (κ1) is 14.5. The van der Waals surface area contributed by atoms with Crippen molar-refractivity contribution in [2.75, 3.05) is 14.2 Å². The van der Waals surface area contributed by atoms with Crippen molar-refractivity contribution in [3.05, 3.63) is 41.6 Å². The SMILES string of the molecule is CON=C1CC(C)Cc2nnc(-c3ccc(OC)cc3)cc21. The van der Waals surface area contributed by atoms with Crippen LogP contribution in [0.2, 0.25) is 0 Å². The Balaban J connectivity index is 2.01. The van der Waals surface area contributed by atoms with Crippen molar-refractivity contribution in [3.8, 4) is 17.0 Å². The van der Waals surface area contributed by atoms with E-state index < -0.39 is 0 Å². The molecular formula is C17H19N3O2. The molecule has 1 aliphatic carbocycles. The van der Waals surface area contributed by atoms with Crippen molar-refractivity contribution in [1.82, 2.24) is 10.2 Å². The molecule has 0 fully saturated rings. The van der Waals surface area contributed by atoms with Crippen molar-refractivity contribution in [2.24, 2.45) is 11.1 Å². The van der Waals surface area contributed by atoms with E-state index in [-0.39, 0.29) is 0 Å². The second kappa shape index (κ2) is 6.13. The van der Waals surface area contributed by atoms with Gasteiger partial charge in [0.2, 0.25) is 0 Å². The standard InChI is InChI=1S/C17H19N3O2/c1-11-8-16-14(17(9-11)20-22-3)10-15(18-19-16)12-4-6-13(21-2)7-5-12/h4-7,10-11H,8-9H2,1-3H3. The maximum Gasteiger partial charge on any atom is 0.118 e. The number of methoxy groups -OCH3 is 1. The Morgan fingerprint density at radius 3 is 2.55 bits per heavy atom. The zero-order chi connectivity index (χ0) is 15.5. The summed E-state index contributed by atoms with van der Waals surface area (Å²) in [5, 5.41) is 12.9. The number of rotatable bonds is 3. The molecule has 1 heterocycles. The molecule has 1 aliphatic rings. The van der Waals surface area contributed by atoms with Crippen LogP contribution in [-0.4, -0.2) is 30.1 Å². The zero-order valence-electron chi connectivity index (χ0n) is 13.0. The van der Waals surface area contributed by atoms with E-state index in [2.05, 4.69) is 22.3 Å². The summed E-state index contributed by atoms with van der Waals surface area (Å²) in [7, 11) is 3.23. The Hall–Kier alpha value is -2.43. The van der Waals surface area contributed by atoms with Crippen LogP contribution in [0.15, 0.2) is 35.5 Å². The number of ether oxygens (including phenoxy) is 1. The van der Waals surface area contributed by atoms with Gasteiger partial charge in [-0.2, -0.15) is 10.2 Å². The first-order valence-electron chi connectivity index (χ1n) is 7.32. The molecule has 0 radical (unpaired) electrons. The number of oxime groups is 1. The fourth-order valence-corrected chi connectivity index (χ4v) is 2.76. The van der Waals surface area contributed by atoms with E-state index in [0.717, 1.165) is 46.8 Å². The fraction of sp³-hybridized carbons (Fsp3) is 0.353. The van der Waals surface area contributed by atoms with Gasteiger partial charge in [-0.1, -0.05) is 12.1 Å². The second-order valence-electron chi connectivity index (χ2n) is 5.55. The first-order chi connectivity index (χ1) is 10.7. The van der Waals surface area contributed by atoms with Crippen LogP contribution < -0.4 is 4.74 Å². The van der Waals surface area contributed by atoms with Crippen molar-refractivity contribution >= 4 is 5.71 Å². The molecule has 2 aromatic rings. The van der Waals surface area contributed by atoms with Crippen LogP contribution >= 0.6 is 0 Å². The molecule has 0 aliphatic heterocycles. The van der Waals surface area contributed by atoms with E-state index in [0.29, 0.717) is 5.92 Å². The minimum atomic E-state index is 0.502. The maximum absolute atomic E-state index is 5.18. The third kappa shape index (κ3) is 2.79. The third-order valence-corrected chi connectivity index (χ3v) is 3.85. The minimum Gasteiger partial charge on any atom is -0.497 e. The Morgan fingerprint density at radius 1 is 1.09 bits per heavy atom. The number of hydrogen-bond donors (Lipinski definition) is 0. The highest BCUT2D eigenvalue weighted by atomic mass is 16.6. The van der Waals surface area contributed by atoms with Gasteiger partial charge in [-0.15, -0.1) is 0 Å². The summed E-state index contributed by atoms with van der Waals surface area (Å²) < 4.78 is 5.18. The van der Waals surface area contributed by atoms with Gasteiger partial charge in [-0.05, 0) is 49.1 Å². The Labute approximate surface area is 130 Å². The molecule has 0 spiro atoms. The minimum absolute atomic E-state index is 0.502. The molecule has 0 bridgehead atoms. The molecule has 0 N–H and O–H groups in total. The van der Waals surface area contributed by atoms with Gasteiger partial charge < -0.3 is 9.57 Å². The molecule has 1 unspecified atom stereocenters. The highest BCUT2D eigenvalue weighted by molar-refractivity contribution is 6.02. The van der Waals surface area contributed by atoms with Crippen molar-refractivity contribution in [2.45, 2.75) is 19.8 Å². The van der Waals surface area contributed by atoms with Crippen LogP contribution in [0.25, 0.3) is 11.3 Å². The van der Waals surface area contributed by atoms with Crippen LogP contribution in [0, 0.1) is 5.92 Å². The molecule has 5 nitrogen and oxygen atoms in total. The Bertz CT molecular complexity index is 696. The zero-order valence-corrected chi connectivity index (χ0v) is 13.0.